The second-order valence-electron chi connectivity index (χ2n) is 3.53. The Bertz CT molecular complexity index is 517. The van der Waals surface area contributed by atoms with Crippen LogP contribution < -0.4 is 16.7 Å². The molecular formula is C9H12N4O5. The van der Waals surface area contributed by atoms with Crippen molar-refractivity contribution in [2.24, 2.45) is 5.73 Å². The second kappa shape index (κ2) is 5.66. The lowest BCUT2D eigenvalue weighted by Crippen LogP contribution is -2.41. The van der Waals surface area contributed by atoms with Gasteiger partial charge in [0.15, 0.2) is 0 Å². The van der Waals surface area contributed by atoms with Gasteiger partial charge in [-0.15, -0.1) is 0 Å². The predicted molar refractivity (Wildman–Crippen MR) is 58.7 cm³/mol. The fraction of sp³-hybridized carbons (Fsp3) is 0.333. The molecule has 18 heavy (non-hydrogen) atoms. The summed E-state index contributed by atoms with van der Waals surface area (Å²) in [6.07, 6.45) is 0.830. The zero-order valence-corrected chi connectivity index (χ0v) is 9.23. The first-order valence-electron chi connectivity index (χ1n) is 5.00. The Hall–Kier alpha value is -2.58. The van der Waals surface area contributed by atoms with Gasteiger partial charge in [-0.25, -0.2) is 9.59 Å². The fourth-order valence-electron chi connectivity index (χ4n) is 1.23. The van der Waals surface area contributed by atoms with Crippen molar-refractivity contribution in [1.82, 2.24) is 15.3 Å². The number of aliphatic carboxylic acids is 1. The number of primary amides is 1. The SMILES string of the molecule is NC(=O)CC[C@@H](NC(=O)c1c[nH]c(=O)[nH]1)C(=O)O. The van der Waals surface area contributed by atoms with Crippen molar-refractivity contribution in [1.29, 1.82) is 0 Å². The summed E-state index contributed by atoms with van der Waals surface area (Å²) in [5.74, 6) is -2.71. The third kappa shape index (κ3) is 3.77. The minimum absolute atomic E-state index is 0.0923. The van der Waals surface area contributed by atoms with Gasteiger partial charge in [0, 0.05) is 12.6 Å². The van der Waals surface area contributed by atoms with Crippen molar-refractivity contribution >= 4 is 17.8 Å². The molecule has 0 saturated heterocycles. The highest BCUT2D eigenvalue weighted by atomic mass is 16.4. The topological polar surface area (TPSA) is 158 Å². The summed E-state index contributed by atoms with van der Waals surface area (Å²) in [5, 5.41) is 11.0. The smallest absolute Gasteiger partial charge is 0.326 e. The van der Waals surface area contributed by atoms with E-state index in [1.54, 1.807) is 0 Å². The van der Waals surface area contributed by atoms with E-state index in [2.05, 4.69) is 15.3 Å². The first-order valence-corrected chi connectivity index (χ1v) is 5.00. The van der Waals surface area contributed by atoms with Gasteiger partial charge in [-0.3, -0.25) is 9.59 Å². The predicted octanol–water partition coefficient (Wildman–Crippen LogP) is -1.85. The summed E-state index contributed by atoms with van der Waals surface area (Å²) in [5.41, 5.74) is 4.22. The van der Waals surface area contributed by atoms with Gasteiger partial charge in [0.25, 0.3) is 5.91 Å². The maximum atomic E-state index is 11.5. The fourth-order valence-corrected chi connectivity index (χ4v) is 1.23. The second-order valence-corrected chi connectivity index (χ2v) is 3.53. The van der Waals surface area contributed by atoms with Crippen LogP contribution in [0.25, 0.3) is 0 Å². The molecule has 1 aromatic rings. The Labute approximate surface area is 100 Å². The summed E-state index contributed by atoms with van der Waals surface area (Å²) >= 11 is 0. The van der Waals surface area contributed by atoms with Crippen LogP contribution in [0.15, 0.2) is 11.0 Å². The number of aromatic amines is 2. The van der Waals surface area contributed by atoms with Gasteiger partial charge in [0.2, 0.25) is 5.91 Å². The molecule has 98 valence electrons. The molecular weight excluding hydrogens is 244 g/mol. The van der Waals surface area contributed by atoms with Crippen molar-refractivity contribution in [2.75, 3.05) is 0 Å². The van der Waals surface area contributed by atoms with Crippen molar-refractivity contribution in [2.45, 2.75) is 18.9 Å². The van der Waals surface area contributed by atoms with Crippen LogP contribution in [0.5, 0.6) is 0 Å². The maximum absolute atomic E-state index is 11.5. The minimum Gasteiger partial charge on any atom is -0.480 e. The van der Waals surface area contributed by atoms with Crippen LogP contribution in [-0.2, 0) is 9.59 Å². The molecule has 1 heterocycles. The summed E-state index contributed by atoms with van der Waals surface area (Å²) in [6, 6.07) is -1.25. The van der Waals surface area contributed by atoms with Crippen LogP contribution in [0, 0.1) is 0 Å². The highest BCUT2D eigenvalue weighted by Gasteiger charge is 2.21. The highest BCUT2D eigenvalue weighted by molar-refractivity contribution is 5.94. The number of carbonyl (C=O) groups is 3. The number of hydrogen-bond donors (Lipinski definition) is 5. The number of nitrogens with two attached hydrogens (primary N) is 1. The van der Waals surface area contributed by atoms with E-state index in [9.17, 15) is 19.2 Å². The molecule has 0 bridgehead atoms. The summed E-state index contributed by atoms with van der Waals surface area (Å²) < 4.78 is 0. The zero-order chi connectivity index (χ0) is 13.7. The lowest BCUT2D eigenvalue weighted by atomic mass is 10.1. The normalized spacial score (nSPS) is 11.8. The molecule has 0 unspecified atom stereocenters. The third-order valence-corrected chi connectivity index (χ3v) is 2.12. The lowest BCUT2D eigenvalue weighted by molar-refractivity contribution is -0.139. The molecule has 0 radical (unpaired) electrons. The van der Waals surface area contributed by atoms with Crippen LogP contribution in [0.3, 0.4) is 0 Å². The summed E-state index contributed by atoms with van der Waals surface area (Å²) in [4.78, 5) is 48.1. The Morgan fingerprint density at radius 3 is 2.56 bits per heavy atom. The van der Waals surface area contributed by atoms with E-state index in [0.29, 0.717) is 0 Å². The molecule has 0 aromatic carbocycles. The van der Waals surface area contributed by atoms with E-state index in [0.717, 1.165) is 6.20 Å². The van der Waals surface area contributed by atoms with Crippen LogP contribution in [0.4, 0.5) is 0 Å². The molecule has 1 rings (SSSR count). The summed E-state index contributed by atoms with van der Waals surface area (Å²) in [6.45, 7) is 0. The first kappa shape index (κ1) is 13.5. The molecule has 1 aromatic heterocycles. The van der Waals surface area contributed by atoms with Crippen LogP contribution in [0.1, 0.15) is 23.3 Å². The maximum Gasteiger partial charge on any atom is 0.326 e. The first-order chi connectivity index (χ1) is 8.40. The monoisotopic (exact) mass is 256 g/mol. The third-order valence-electron chi connectivity index (χ3n) is 2.12. The Morgan fingerprint density at radius 2 is 2.11 bits per heavy atom. The largest absolute Gasteiger partial charge is 0.480 e. The average molecular weight is 256 g/mol. The van der Waals surface area contributed by atoms with Crippen LogP contribution in [-0.4, -0.2) is 38.9 Å². The van der Waals surface area contributed by atoms with E-state index in [4.69, 9.17) is 10.8 Å². The number of nitrogens with one attached hydrogen (secondary N) is 3. The van der Waals surface area contributed by atoms with Gasteiger partial charge >= 0.3 is 11.7 Å². The van der Waals surface area contributed by atoms with E-state index >= 15 is 0 Å². The molecule has 0 aliphatic carbocycles. The van der Waals surface area contributed by atoms with Crippen molar-refractivity contribution in [3.63, 3.8) is 0 Å². The van der Waals surface area contributed by atoms with Gasteiger partial charge in [0.1, 0.15) is 11.7 Å². The van der Waals surface area contributed by atoms with E-state index < -0.39 is 29.5 Å². The molecule has 0 saturated carbocycles. The van der Waals surface area contributed by atoms with Crippen LogP contribution >= 0.6 is 0 Å². The number of imidazole rings is 1. The lowest BCUT2D eigenvalue weighted by Gasteiger charge is -2.12. The van der Waals surface area contributed by atoms with Gasteiger partial charge in [-0.05, 0) is 6.42 Å². The number of aromatic nitrogens is 2. The van der Waals surface area contributed by atoms with Crippen molar-refractivity contribution < 1.29 is 19.5 Å². The quantitative estimate of drug-likeness (QED) is 0.403. The Balaban J connectivity index is 2.66. The molecule has 6 N–H and O–H groups in total. The molecule has 9 nitrogen and oxygen atoms in total. The van der Waals surface area contributed by atoms with Gasteiger partial charge in [-0.1, -0.05) is 0 Å². The molecule has 0 spiro atoms. The van der Waals surface area contributed by atoms with E-state index in [-0.39, 0.29) is 18.5 Å². The number of rotatable bonds is 6. The number of carboxylic acids is 1. The van der Waals surface area contributed by atoms with Gasteiger partial charge < -0.3 is 26.1 Å². The molecule has 1 atom stereocenters. The van der Waals surface area contributed by atoms with E-state index in [1.165, 1.54) is 0 Å². The molecule has 0 aliphatic rings. The van der Waals surface area contributed by atoms with Gasteiger partial charge in [-0.2, -0.15) is 0 Å². The standard InChI is InChI=1S/C9H12N4O5/c10-6(14)2-1-4(8(16)17)12-7(15)5-3-11-9(18)13-5/h3-4H,1-2H2,(H2,10,14)(H,12,15)(H,16,17)(H2,11,13,18)/t4-/m1/s1. The minimum atomic E-state index is -1.29. The number of carboxylic acid groups (broad SMARTS) is 1. The van der Waals surface area contributed by atoms with E-state index in [1.807, 2.05) is 0 Å². The number of amides is 2. The molecule has 0 aliphatic heterocycles. The van der Waals surface area contributed by atoms with Gasteiger partial charge in [0.05, 0.1) is 0 Å². The highest BCUT2D eigenvalue weighted by Crippen LogP contribution is 1.99. The Kier molecular flexibility index (Phi) is 4.24. The Morgan fingerprint density at radius 1 is 1.44 bits per heavy atom. The number of carbonyl (C=O) groups excluding carboxylic acids is 2. The zero-order valence-electron chi connectivity index (χ0n) is 9.23. The molecule has 2 amide bonds. The van der Waals surface area contributed by atoms with Crippen molar-refractivity contribution in [3.8, 4) is 0 Å². The molecule has 0 fully saturated rings. The number of H-pyrrole nitrogens is 2. The number of hydrogen-bond acceptors (Lipinski definition) is 4. The summed E-state index contributed by atoms with van der Waals surface area (Å²) in [7, 11) is 0. The van der Waals surface area contributed by atoms with Crippen molar-refractivity contribution in [3.05, 3.63) is 22.4 Å². The average Bonchev–Trinajstić information content (AvgIpc) is 2.70. The van der Waals surface area contributed by atoms with Crippen LogP contribution in [0.2, 0.25) is 0 Å². The molecule has 9 heteroatoms.